The fourth-order valence-corrected chi connectivity index (χ4v) is 2.66. The van der Waals surface area contributed by atoms with Gasteiger partial charge in [0.2, 0.25) is 11.8 Å². The zero-order valence-electron chi connectivity index (χ0n) is 16.0. The highest BCUT2D eigenvalue weighted by atomic mass is 79.9. The molecular weight excluding hydrogens is 461 g/mol. The molecule has 0 bridgehead atoms. The third-order valence-electron chi connectivity index (χ3n) is 3.66. The number of halogens is 2. The number of nitrogens with one attached hydrogen (secondary N) is 2. The lowest BCUT2D eigenvalue weighted by molar-refractivity contribution is -0.142. The van der Waals surface area contributed by atoms with E-state index in [9.17, 15) is 18.8 Å². The molecule has 0 aliphatic heterocycles. The Bertz CT molecular complexity index is 952. The fourth-order valence-electron chi connectivity index (χ4n) is 2.15. The number of hydrogen-bond donors (Lipinski definition) is 2. The number of rotatable bonds is 9. The number of hydrazone groups is 1. The van der Waals surface area contributed by atoms with Crippen LogP contribution in [0.4, 0.5) is 10.1 Å². The monoisotopic (exact) mass is 479 g/mol. The molecule has 0 atom stereocenters. The Kier molecular flexibility index (Phi) is 8.95. The molecule has 2 aromatic carbocycles. The van der Waals surface area contributed by atoms with Gasteiger partial charge in [0.15, 0.2) is 6.61 Å². The van der Waals surface area contributed by atoms with Crippen molar-refractivity contribution in [3.63, 3.8) is 0 Å². The first kappa shape index (κ1) is 23.0. The Labute approximate surface area is 180 Å². The molecule has 0 radical (unpaired) electrons. The van der Waals surface area contributed by atoms with Crippen LogP contribution in [0.15, 0.2) is 52.0 Å². The number of hydrogen-bond acceptors (Lipinski definition) is 6. The summed E-state index contributed by atoms with van der Waals surface area (Å²) in [5.74, 6) is -1.55. The van der Waals surface area contributed by atoms with Gasteiger partial charge in [0.1, 0.15) is 11.6 Å². The van der Waals surface area contributed by atoms with Gasteiger partial charge in [-0.05, 0) is 51.8 Å². The molecule has 0 aromatic heterocycles. The topological polar surface area (TPSA) is 106 Å². The SMILES string of the molecule is COC(=O)COc1ccc(C=NNC(=O)CCC(=O)Nc2ccccc2F)cc1Br. The van der Waals surface area contributed by atoms with Crippen LogP contribution < -0.4 is 15.5 Å². The lowest BCUT2D eigenvalue weighted by Crippen LogP contribution is -2.21. The number of nitrogens with zero attached hydrogens (tertiary/aromatic N) is 1. The zero-order chi connectivity index (χ0) is 21.9. The van der Waals surface area contributed by atoms with Crippen LogP contribution in [0.3, 0.4) is 0 Å². The second kappa shape index (κ2) is 11.7. The number of esters is 1. The molecule has 0 spiro atoms. The molecule has 2 amide bonds. The van der Waals surface area contributed by atoms with Crippen LogP contribution in [0.1, 0.15) is 18.4 Å². The van der Waals surface area contributed by atoms with E-state index in [1.165, 1.54) is 31.5 Å². The van der Waals surface area contributed by atoms with E-state index in [0.717, 1.165) is 0 Å². The van der Waals surface area contributed by atoms with Crippen LogP contribution >= 0.6 is 15.9 Å². The molecule has 0 heterocycles. The quantitative estimate of drug-likeness (QED) is 0.326. The molecular formula is C20H19BrFN3O5. The number of amides is 2. The highest BCUT2D eigenvalue weighted by Crippen LogP contribution is 2.25. The van der Waals surface area contributed by atoms with Gasteiger partial charge in [-0.25, -0.2) is 14.6 Å². The first-order valence-electron chi connectivity index (χ1n) is 8.74. The minimum absolute atomic E-state index is 0.0607. The molecule has 2 N–H and O–H groups in total. The van der Waals surface area contributed by atoms with Gasteiger partial charge < -0.3 is 14.8 Å². The summed E-state index contributed by atoms with van der Waals surface area (Å²) in [6, 6.07) is 10.8. The first-order chi connectivity index (χ1) is 14.4. The standard InChI is InChI=1S/C20H19BrFN3O5/c1-29-20(28)12-30-17-7-6-13(10-14(17)21)11-23-25-19(27)9-8-18(26)24-16-5-3-2-4-15(16)22/h2-7,10-11H,8-9,12H2,1H3,(H,24,26)(H,25,27). The van der Waals surface area contributed by atoms with Gasteiger partial charge in [-0.15, -0.1) is 0 Å². The van der Waals surface area contributed by atoms with E-state index in [1.807, 2.05) is 0 Å². The molecule has 2 rings (SSSR count). The Morgan fingerprint density at radius 1 is 1.13 bits per heavy atom. The first-order valence-corrected chi connectivity index (χ1v) is 9.54. The second-order valence-corrected chi connectivity index (χ2v) is 6.73. The van der Waals surface area contributed by atoms with E-state index < -0.39 is 23.6 Å². The van der Waals surface area contributed by atoms with Crippen molar-refractivity contribution in [3.8, 4) is 5.75 Å². The summed E-state index contributed by atoms with van der Waals surface area (Å²) >= 11 is 3.32. The maximum atomic E-state index is 13.5. The maximum Gasteiger partial charge on any atom is 0.343 e. The molecule has 158 valence electrons. The number of anilines is 1. The predicted octanol–water partition coefficient (Wildman–Crippen LogP) is 3.01. The third kappa shape index (κ3) is 7.63. The predicted molar refractivity (Wildman–Crippen MR) is 112 cm³/mol. The molecule has 8 nitrogen and oxygen atoms in total. The summed E-state index contributed by atoms with van der Waals surface area (Å²) in [7, 11) is 1.27. The van der Waals surface area contributed by atoms with Crippen LogP contribution in [0, 0.1) is 5.82 Å². The van der Waals surface area contributed by atoms with Crippen molar-refractivity contribution < 1.29 is 28.2 Å². The van der Waals surface area contributed by atoms with E-state index in [1.54, 1.807) is 24.3 Å². The van der Waals surface area contributed by atoms with E-state index in [2.05, 4.69) is 36.5 Å². The van der Waals surface area contributed by atoms with E-state index >= 15 is 0 Å². The Morgan fingerprint density at radius 3 is 2.57 bits per heavy atom. The summed E-state index contributed by atoms with van der Waals surface area (Å²) in [6.07, 6.45) is 1.18. The molecule has 0 fully saturated rings. The summed E-state index contributed by atoms with van der Waals surface area (Å²) in [5, 5.41) is 6.23. The van der Waals surface area contributed by atoms with Crippen LogP contribution in [-0.4, -0.2) is 37.7 Å². The molecule has 0 aliphatic rings. The summed E-state index contributed by atoms with van der Waals surface area (Å²) in [5.41, 5.74) is 3.03. The smallest absolute Gasteiger partial charge is 0.343 e. The van der Waals surface area contributed by atoms with Gasteiger partial charge in [-0.2, -0.15) is 5.10 Å². The summed E-state index contributed by atoms with van der Waals surface area (Å²) < 4.78 is 23.9. The van der Waals surface area contributed by atoms with Crippen molar-refractivity contribution in [2.45, 2.75) is 12.8 Å². The highest BCUT2D eigenvalue weighted by Gasteiger charge is 2.09. The highest BCUT2D eigenvalue weighted by molar-refractivity contribution is 9.10. The average Bonchev–Trinajstić information content (AvgIpc) is 2.73. The van der Waals surface area contributed by atoms with Gasteiger partial charge in [0.05, 0.1) is 23.5 Å². The molecule has 30 heavy (non-hydrogen) atoms. The van der Waals surface area contributed by atoms with E-state index in [0.29, 0.717) is 15.8 Å². The Morgan fingerprint density at radius 2 is 1.87 bits per heavy atom. The minimum Gasteiger partial charge on any atom is -0.481 e. The van der Waals surface area contributed by atoms with Crippen molar-refractivity contribution in [2.24, 2.45) is 5.10 Å². The third-order valence-corrected chi connectivity index (χ3v) is 4.28. The second-order valence-electron chi connectivity index (χ2n) is 5.88. The van der Waals surface area contributed by atoms with Gasteiger partial charge in [-0.1, -0.05) is 12.1 Å². The van der Waals surface area contributed by atoms with E-state index in [-0.39, 0.29) is 25.1 Å². The molecule has 0 saturated carbocycles. The van der Waals surface area contributed by atoms with Gasteiger partial charge in [-0.3, -0.25) is 9.59 Å². The lowest BCUT2D eigenvalue weighted by atomic mass is 10.2. The van der Waals surface area contributed by atoms with Crippen molar-refractivity contribution in [1.29, 1.82) is 0 Å². The van der Waals surface area contributed by atoms with Crippen molar-refractivity contribution in [1.82, 2.24) is 5.43 Å². The summed E-state index contributed by atoms with van der Waals surface area (Å²) in [6.45, 7) is -0.219. The molecule has 10 heteroatoms. The van der Waals surface area contributed by atoms with Crippen molar-refractivity contribution >= 4 is 45.6 Å². The summed E-state index contributed by atoms with van der Waals surface area (Å²) in [4.78, 5) is 34.7. The van der Waals surface area contributed by atoms with Gasteiger partial charge in [0.25, 0.3) is 0 Å². The number of methoxy groups -OCH3 is 1. The minimum atomic E-state index is -0.548. The maximum absolute atomic E-state index is 13.5. The zero-order valence-corrected chi connectivity index (χ0v) is 17.6. The van der Waals surface area contributed by atoms with E-state index in [4.69, 9.17) is 4.74 Å². The number of benzene rings is 2. The van der Waals surface area contributed by atoms with Crippen LogP contribution in [0.25, 0.3) is 0 Å². The number of para-hydroxylation sites is 1. The Hall–Kier alpha value is -3.27. The number of ether oxygens (including phenoxy) is 2. The fraction of sp³-hybridized carbons (Fsp3) is 0.200. The van der Waals surface area contributed by atoms with Crippen LogP contribution in [-0.2, 0) is 19.1 Å². The van der Waals surface area contributed by atoms with Crippen LogP contribution in [0.2, 0.25) is 0 Å². The van der Waals surface area contributed by atoms with Crippen molar-refractivity contribution in [2.75, 3.05) is 19.0 Å². The molecule has 0 unspecified atom stereocenters. The Balaban J connectivity index is 1.77. The number of carbonyl (C=O) groups excluding carboxylic acids is 3. The van der Waals surface area contributed by atoms with Gasteiger partial charge in [0, 0.05) is 12.8 Å². The van der Waals surface area contributed by atoms with Gasteiger partial charge >= 0.3 is 5.97 Å². The normalized spacial score (nSPS) is 10.5. The lowest BCUT2D eigenvalue weighted by Gasteiger charge is -2.07. The number of carbonyl (C=O) groups is 3. The molecule has 2 aromatic rings. The molecule has 0 saturated heterocycles. The van der Waals surface area contributed by atoms with Crippen molar-refractivity contribution in [3.05, 3.63) is 58.3 Å². The molecule has 0 aliphatic carbocycles. The average molecular weight is 480 g/mol. The largest absolute Gasteiger partial charge is 0.481 e. The van der Waals surface area contributed by atoms with Crippen LogP contribution in [0.5, 0.6) is 5.75 Å².